The number of nitrogens with one attached hydrogen (secondary N) is 1. The summed E-state index contributed by atoms with van der Waals surface area (Å²) < 4.78 is 0.910. The largest absolute Gasteiger partial charge is 0.494 e. The molecular formula is C16H15ClN4O4. The summed E-state index contributed by atoms with van der Waals surface area (Å²) >= 11 is 5.90. The van der Waals surface area contributed by atoms with E-state index >= 15 is 0 Å². The molecule has 8 nitrogen and oxygen atoms in total. The van der Waals surface area contributed by atoms with Crippen LogP contribution < -0.4 is 11.2 Å². The third kappa shape index (κ3) is 2.96. The monoisotopic (exact) mass is 362 g/mol. The van der Waals surface area contributed by atoms with Gasteiger partial charge in [-0.3, -0.25) is 19.1 Å². The molecule has 0 bridgehead atoms. The lowest BCUT2D eigenvalue weighted by atomic mass is 9.99. The molecule has 2 heterocycles. The molecule has 0 radical (unpaired) electrons. The average Bonchev–Trinajstić information content (AvgIpc) is 2.98. The van der Waals surface area contributed by atoms with E-state index in [-0.39, 0.29) is 23.6 Å². The van der Waals surface area contributed by atoms with Gasteiger partial charge >= 0.3 is 5.69 Å². The Kier molecular flexibility index (Phi) is 4.22. The van der Waals surface area contributed by atoms with Crippen molar-refractivity contribution in [2.24, 2.45) is 12.1 Å². The number of hydrogen-bond donors (Lipinski definition) is 2. The molecule has 0 unspecified atom stereocenters. The van der Waals surface area contributed by atoms with Gasteiger partial charge in [0.2, 0.25) is 11.8 Å². The van der Waals surface area contributed by atoms with Gasteiger partial charge in [-0.25, -0.2) is 9.80 Å². The predicted molar refractivity (Wildman–Crippen MR) is 91.8 cm³/mol. The molecule has 0 spiro atoms. The summed E-state index contributed by atoms with van der Waals surface area (Å²) in [6.45, 7) is 1.36. The summed E-state index contributed by atoms with van der Waals surface area (Å²) in [5, 5.41) is 16.2. The van der Waals surface area contributed by atoms with Crippen LogP contribution in [0.2, 0.25) is 5.02 Å². The fraction of sp³-hybridized carbons (Fsp3) is 0.250. The number of hydrogen-bond acceptors (Lipinski definition) is 5. The first kappa shape index (κ1) is 17.0. The van der Waals surface area contributed by atoms with Gasteiger partial charge in [0.25, 0.3) is 5.56 Å². The van der Waals surface area contributed by atoms with E-state index in [0.29, 0.717) is 5.02 Å². The standard InChI is InChI=1S/C16H15ClN4O4/c1-8(22)21-12(9-3-5-10(17)6-4-9)7-11(19-21)13-14(23)18-16(25)20(2)15(13)24/h3-6,12,24H,7H2,1-2H3,(H,18,23,25)/t12-/m0/s1. The molecular weight excluding hydrogens is 348 g/mol. The van der Waals surface area contributed by atoms with Crippen LogP contribution in [0.4, 0.5) is 0 Å². The van der Waals surface area contributed by atoms with Gasteiger partial charge in [0.1, 0.15) is 5.56 Å². The highest BCUT2D eigenvalue weighted by molar-refractivity contribution is 6.30. The maximum Gasteiger partial charge on any atom is 0.330 e. The summed E-state index contributed by atoms with van der Waals surface area (Å²) in [5.74, 6) is -0.802. The highest BCUT2D eigenvalue weighted by Crippen LogP contribution is 2.33. The van der Waals surface area contributed by atoms with Crippen LogP contribution in [-0.4, -0.2) is 31.3 Å². The third-order valence-corrected chi connectivity index (χ3v) is 4.32. The quantitative estimate of drug-likeness (QED) is 0.834. The lowest BCUT2D eigenvalue weighted by molar-refractivity contribution is -0.130. The van der Waals surface area contributed by atoms with Crippen molar-refractivity contribution in [1.29, 1.82) is 0 Å². The van der Waals surface area contributed by atoms with Gasteiger partial charge in [-0.1, -0.05) is 23.7 Å². The number of rotatable bonds is 2. The number of carbonyl (C=O) groups excluding carboxylic acids is 1. The van der Waals surface area contributed by atoms with Gasteiger partial charge in [-0.15, -0.1) is 0 Å². The van der Waals surface area contributed by atoms with Crippen LogP contribution in [0.3, 0.4) is 0 Å². The molecule has 1 aromatic carbocycles. The number of aromatic nitrogens is 2. The minimum absolute atomic E-state index is 0.121. The molecule has 0 aliphatic carbocycles. The van der Waals surface area contributed by atoms with Crippen molar-refractivity contribution in [3.05, 3.63) is 61.3 Å². The third-order valence-electron chi connectivity index (χ3n) is 4.07. The summed E-state index contributed by atoms with van der Waals surface area (Å²) in [6.07, 6.45) is 0.218. The molecule has 3 rings (SSSR count). The summed E-state index contributed by atoms with van der Waals surface area (Å²) in [7, 11) is 1.33. The molecule has 25 heavy (non-hydrogen) atoms. The first-order chi connectivity index (χ1) is 11.8. The Morgan fingerprint density at radius 2 is 1.96 bits per heavy atom. The van der Waals surface area contributed by atoms with E-state index in [1.54, 1.807) is 24.3 Å². The number of H-pyrrole nitrogens is 1. The first-order valence-electron chi connectivity index (χ1n) is 7.45. The van der Waals surface area contributed by atoms with E-state index in [2.05, 4.69) is 10.1 Å². The molecule has 2 N–H and O–H groups in total. The Hall–Kier alpha value is -2.87. The van der Waals surface area contributed by atoms with E-state index in [1.807, 2.05) is 0 Å². The Balaban J connectivity index is 2.08. The molecule has 1 aromatic heterocycles. The van der Waals surface area contributed by atoms with Crippen LogP contribution in [-0.2, 0) is 11.8 Å². The van der Waals surface area contributed by atoms with Gasteiger partial charge in [0.05, 0.1) is 11.8 Å². The zero-order valence-corrected chi connectivity index (χ0v) is 14.2. The molecule has 1 amide bonds. The molecule has 2 aromatic rings. The van der Waals surface area contributed by atoms with Crippen LogP contribution in [0, 0.1) is 0 Å². The molecule has 0 fully saturated rings. The Labute approximate surface area is 147 Å². The van der Waals surface area contributed by atoms with Crippen molar-refractivity contribution in [2.75, 3.05) is 0 Å². The van der Waals surface area contributed by atoms with Gasteiger partial charge < -0.3 is 5.11 Å². The fourth-order valence-corrected chi connectivity index (χ4v) is 2.89. The van der Waals surface area contributed by atoms with Crippen LogP contribution >= 0.6 is 11.6 Å². The number of benzene rings is 1. The maximum absolute atomic E-state index is 12.1. The SMILES string of the molecule is CC(=O)N1N=C(c2c(O)n(C)c(=O)[nH]c2=O)C[C@H]1c1ccc(Cl)cc1. The Bertz CT molecular complexity index is 991. The average molecular weight is 363 g/mol. The smallest absolute Gasteiger partial charge is 0.330 e. The van der Waals surface area contributed by atoms with E-state index in [0.717, 1.165) is 10.1 Å². The number of halogens is 1. The molecule has 1 atom stereocenters. The molecule has 0 saturated carbocycles. The van der Waals surface area contributed by atoms with Crippen molar-refractivity contribution < 1.29 is 9.90 Å². The molecule has 130 valence electrons. The maximum atomic E-state index is 12.1. The van der Waals surface area contributed by atoms with E-state index in [4.69, 9.17) is 11.6 Å². The van der Waals surface area contributed by atoms with Crippen molar-refractivity contribution in [3.63, 3.8) is 0 Å². The second kappa shape index (κ2) is 6.21. The van der Waals surface area contributed by atoms with Crippen molar-refractivity contribution >= 4 is 23.2 Å². The topological polar surface area (TPSA) is 108 Å². The second-order valence-corrected chi connectivity index (χ2v) is 6.14. The highest BCUT2D eigenvalue weighted by atomic mass is 35.5. The van der Waals surface area contributed by atoms with Crippen LogP contribution in [0.25, 0.3) is 0 Å². The van der Waals surface area contributed by atoms with Crippen molar-refractivity contribution in [1.82, 2.24) is 14.6 Å². The lowest BCUT2D eigenvalue weighted by Gasteiger charge is -2.20. The zero-order valence-electron chi connectivity index (χ0n) is 13.5. The van der Waals surface area contributed by atoms with Crippen LogP contribution in [0.15, 0.2) is 39.0 Å². The second-order valence-electron chi connectivity index (χ2n) is 5.70. The summed E-state index contributed by atoms with van der Waals surface area (Å²) in [5.41, 5.74) is -0.587. The number of aromatic hydroxyl groups is 1. The van der Waals surface area contributed by atoms with E-state index in [9.17, 15) is 19.5 Å². The normalized spacial score (nSPS) is 16.8. The molecule has 1 aliphatic rings. The van der Waals surface area contributed by atoms with Gasteiger partial charge in [0, 0.05) is 25.4 Å². The Morgan fingerprint density at radius 3 is 2.56 bits per heavy atom. The zero-order chi connectivity index (χ0) is 18.3. The summed E-state index contributed by atoms with van der Waals surface area (Å²) in [4.78, 5) is 37.8. The van der Waals surface area contributed by atoms with E-state index < -0.39 is 23.2 Å². The van der Waals surface area contributed by atoms with Gasteiger partial charge in [0.15, 0.2) is 0 Å². The minimum atomic E-state index is -0.750. The number of hydrazone groups is 1. The number of aromatic amines is 1. The first-order valence-corrected chi connectivity index (χ1v) is 7.82. The number of carbonyl (C=O) groups is 1. The minimum Gasteiger partial charge on any atom is -0.494 e. The van der Waals surface area contributed by atoms with Gasteiger partial charge in [-0.05, 0) is 17.7 Å². The van der Waals surface area contributed by atoms with Crippen LogP contribution in [0.1, 0.15) is 30.5 Å². The van der Waals surface area contributed by atoms with Crippen LogP contribution in [0.5, 0.6) is 5.88 Å². The predicted octanol–water partition coefficient (Wildman–Crippen LogP) is 1.13. The summed E-state index contributed by atoms with van der Waals surface area (Å²) in [6, 6.07) is 6.51. The van der Waals surface area contributed by atoms with E-state index in [1.165, 1.54) is 19.0 Å². The van der Waals surface area contributed by atoms with Gasteiger partial charge in [-0.2, -0.15) is 5.10 Å². The number of amides is 1. The lowest BCUT2D eigenvalue weighted by Crippen LogP contribution is -2.32. The molecule has 1 aliphatic heterocycles. The molecule has 9 heteroatoms. The number of nitrogens with zero attached hydrogens (tertiary/aromatic N) is 3. The fourth-order valence-electron chi connectivity index (χ4n) is 2.77. The van der Waals surface area contributed by atoms with Crippen molar-refractivity contribution in [3.8, 4) is 5.88 Å². The molecule has 0 saturated heterocycles. The van der Waals surface area contributed by atoms with Crippen molar-refractivity contribution in [2.45, 2.75) is 19.4 Å². The highest BCUT2D eigenvalue weighted by Gasteiger charge is 2.34. The Morgan fingerprint density at radius 1 is 1.32 bits per heavy atom.